The fourth-order valence-corrected chi connectivity index (χ4v) is 2.85. The highest BCUT2D eigenvalue weighted by molar-refractivity contribution is 6.03. The Hall–Kier alpha value is -2.77. The lowest BCUT2D eigenvalue weighted by molar-refractivity contribution is 0.0383. The molecule has 1 aromatic carbocycles. The van der Waals surface area contributed by atoms with Gasteiger partial charge in [-0.05, 0) is 36.8 Å². The van der Waals surface area contributed by atoms with Gasteiger partial charge in [0.05, 0.1) is 13.2 Å². The maximum atomic E-state index is 12.4. The summed E-state index contributed by atoms with van der Waals surface area (Å²) >= 11 is 0. The highest BCUT2D eigenvalue weighted by Crippen LogP contribution is 2.11. The number of amides is 2. The number of nitrogens with zero attached hydrogens (tertiary/aromatic N) is 2. The number of benzene rings is 1. The molecule has 2 aromatic rings. The highest BCUT2D eigenvalue weighted by atomic mass is 16.5. The predicted octanol–water partition coefficient (Wildman–Crippen LogP) is 1.70. The predicted molar refractivity (Wildman–Crippen MR) is 103 cm³/mol. The largest absolute Gasteiger partial charge is 0.379 e. The van der Waals surface area contributed by atoms with E-state index < -0.39 is 0 Å². The van der Waals surface area contributed by atoms with Crippen LogP contribution in [0.3, 0.4) is 0 Å². The molecule has 0 aliphatic carbocycles. The normalized spacial score (nSPS) is 14.6. The second-order valence-electron chi connectivity index (χ2n) is 6.44. The molecule has 0 spiro atoms. The Morgan fingerprint density at radius 3 is 2.52 bits per heavy atom. The molecule has 1 fully saturated rings. The number of carbonyl (C=O) groups excluding carboxylic acids is 2. The van der Waals surface area contributed by atoms with Gasteiger partial charge in [-0.25, -0.2) is 4.98 Å². The molecule has 0 unspecified atom stereocenters. The van der Waals surface area contributed by atoms with Crippen molar-refractivity contribution in [2.75, 3.05) is 44.7 Å². The summed E-state index contributed by atoms with van der Waals surface area (Å²) in [5.41, 5.74) is 2.18. The molecule has 7 nitrogen and oxygen atoms in total. The number of aromatic nitrogens is 1. The zero-order valence-electron chi connectivity index (χ0n) is 15.4. The molecule has 0 bridgehead atoms. The second-order valence-corrected chi connectivity index (χ2v) is 6.44. The van der Waals surface area contributed by atoms with Crippen LogP contribution in [0.1, 0.15) is 26.5 Å². The fraction of sp³-hybridized carbons (Fsp3) is 0.350. The van der Waals surface area contributed by atoms with Crippen molar-refractivity contribution in [2.24, 2.45) is 0 Å². The van der Waals surface area contributed by atoms with Crippen LogP contribution in [0.5, 0.6) is 0 Å². The summed E-state index contributed by atoms with van der Waals surface area (Å²) in [6.07, 6.45) is 0. The topological polar surface area (TPSA) is 83.6 Å². The van der Waals surface area contributed by atoms with Gasteiger partial charge in [-0.3, -0.25) is 14.5 Å². The van der Waals surface area contributed by atoms with Crippen LogP contribution in [-0.4, -0.2) is 61.1 Å². The van der Waals surface area contributed by atoms with E-state index in [0.29, 0.717) is 12.2 Å². The number of ether oxygens (including phenoxy) is 1. The van der Waals surface area contributed by atoms with E-state index in [1.54, 1.807) is 18.2 Å². The molecule has 1 saturated heterocycles. The molecule has 0 atom stereocenters. The average Bonchev–Trinajstić information content (AvgIpc) is 2.69. The summed E-state index contributed by atoms with van der Waals surface area (Å²) in [5.74, 6) is -0.628. The van der Waals surface area contributed by atoms with Crippen LogP contribution in [0.4, 0.5) is 5.69 Å². The third kappa shape index (κ3) is 5.60. The number of anilines is 1. The summed E-state index contributed by atoms with van der Waals surface area (Å²) < 4.78 is 5.30. The first kappa shape index (κ1) is 19.0. The van der Waals surface area contributed by atoms with Gasteiger partial charge in [0.1, 0.15) is 11.4 Å². The molecule has 3 rings (SSSR count). The van der Waals surface area contributed by atoms with Gasteiger partial charge in [0, 0.05) is 31.9 Å². The van der Waals surface area contributed by atoms with Crippen LogP contribution in [0.15, 0.2) is 42.5 Å². The minimum absolute atomic E-state index is 0.206. The van der Waals surface area contributed by atoms with Crippen molar-refractivity contribution < 1.29 is 14.3 Å². The number of nitrogens with one attached hydrogen (secondary N) is 2. The summed E-state index contributed by atoms with van der Waals surface area (Å²) in [5, 5.41) is 5.65. The summed E-state index contributed by atoms with van der Waals surface area (Å²) in [6, 6.07) is 12.4. The van der Waals surface area contributed by atoms with E-state index in [4.69, 9.17) is 4.74 Å². The number of hydrogen-bond donors (Lipinski definition) is 2. The van der Waals surface area contributed by atoms with Gasteiger partial charge in [0.25, 0.3) is 11.8 Å². The van der Waals surface area contributed by atoms with E-state index in [9.17, 15) is 9.59 Å². The van der Waals surface area contributed by atoms with Crippen LogP contribution in [-0.2, 0) is 4.74 Å². The van der Waals surface area contributed by atoms with Gasteiger partial charge in [-0.15, -0.1) is 0 Å². The minimum Gasteiger partial charge on any atom is -0.379 e. The summed E-state index contributed by atoms with van der Waals surface area (Å²) in [6.45, 7) is 6.46. The Morgan fingerprint density at radius 2 is 1.78 bits per heavy atom. The van der Waals surface area contributed by atoms with Crippen molar-refractivity contribution in [2.45, 2.75) is 6.92 Å². The Morgan fingerprint density at radius 1 is 1.07 bits per heavy atom. The van der Waals surface area contributed by atoms with Crippen molar-refractivity contribution in [1.29, 1.82) is 0 Å². The summed E-state index contributed by atoms with van der Waals surface area (Å²) in [4.78, 5) is 31.2. The molecule has 142 valence electrons. The van der Waals surface area contributed by atoms with Crippen molar-refractivity contribution in [3.8, 4) is 0 Å². The van der Waals surface area contributed by atoms with Crippen molar-refractivity contribution in [3.05, 3.63) is 59.4 Å². The molecular weight excluding hydrogens is 344 g/mol. The molecule has 7 heteroatoms. The Labute approximate surface area is 158 Å². The number of aryl methyl sites for hydroxylation is 1. The van der Waals surface area contributed by atoms with Crippen molar-refractivity contribution >= 4 is 17.5 Å². The van der Waals surface area contributed by atoms with Crippen LogP contribution in [0.2, 0.25) is 0 Å². The van der Waals surface area contributed by atoms with E-state index in [1.807, 2.05) is 31.2 Å². The van der Waals surface area contributed by atoms with Crippen molar-refractivity contribution in [1.82, 2.24) is 15.2 Å². The third-order valence-electron chi connectivity index (χ3n) is 4.31. The molecular formula is C20H24N4O3. The fourth-order valence-electron chi connectivity index (χ4n) is 2.85. The zero-order chi connectivity index (χ0) is 19.1. The van der Waals surface area contributed by atoms with Crippen LogP contribution < -0.4 is 10.6 Å². The van der Waals surface area contributed by atoms with Crippen LogP contribution in [0, 0.1) is 6.92 Å². The molecule has 0 radical (unpaired) electrons. The highest BCUT2D eigenvalue weighted by Gasteiger charge is 2.14. The molecule has 1 aliphatic heterocycles. The average molecular weight is 368 g/mol. The van der Waals surface area contributed by atoms with Crippen LogP contribution >= 0.6 is 0 Å². The lowest BCUT2D eigenvalue weighted by Crippen LogP contribution is -2.41. The number of hydrogen-bond acceptors (Lipinski definition) is 5. The Bertz CT molecular complexity index is 803. The standard InChI is InChI=1S/C20H24N4O3/c1-15-4-2-5-16(14-15)22-20(26)18-7-3-6-17(23-18)19(25)21-8-9-24-10-12-27-13-11-24/h2-7,14H,8-13H2,1H3,(H,21,25)(H,22,26). The maximum absolute atomic E-state index is 12.4. The van der Waals surface area contributed by atoms with E-state index in [1.165, 1.54) is 0 Å². The molecule has 2 heterocycles. The third-order valence-corrected chi connectivity index (χ3v) is 4.31. The molecule has 2 amide bonds. The van der Waals surface area contributed by atoms with Gasteiger partial charge < -0.3 is 15.4 Å². The van der Waals surface area contributed by atoms with Gasteiger partial charge in [0.15, 0.2) is 0 Å². The number of pyridine rings is 1. The minimum atomic E-state index is -0.344. The van der Waals surface area contributed by atoms with E-state index >= 15 is 0 Å². The number of rotatable bonds is 6. The molecule has 1 aliphatic rings. The van der Waals surface area contributed by atoms with Gasteiger partial charge in [-0.1, -0.05) is 18.2 Å². The van der Waals surface area contributed by atoms with Crippen molar-refractivity contribution in [3.63, 3.8) is 0 Å². The van der Waals surface area contributed by atoms with E-state index in [2.05, 4.69) is 20.5 Å². The second kappa shape index (κ2) is 9.25. The molecule has 1 aromatic heterocycles. The van der Waals surface area contributed by atoms with Gasteiger partial charge >= 0.3 is 0 Å². The SMILES string of the molecule is Cc1cccc(NC(=O)c2cccc(C(=O)NCCN3CCOCC3)n2)c1. The summed E-state index contributed by atoms with van der Waals surface area (Å²) in [7, 11) is 0. The van der Waals surface area contributed by atoms with E-state index in [0.717, 1.165) is 38.4 Å². The zero-order valence-corrected chi connectivity index (χ0v) is 15.4. The van der Waals surface area contributed by atoms with Gasteiger partial charge in [-0.2, -0.15) is 0 Å². The maximum Gasteiger partial charge on any atom is 0.274 e. The molecule has 27 heavy (non-hydrogen) atoms. The Kier molecular flexibility index (Phi) is 6.51. The first-order valence-corrected chi connectivity index (χ1v) is 9.05. The lowest BCUT2D eigenvalue weighted by atomic mass is 10.2. The first-order valence-electron chi connectivity index (χ1n) is 9.05. The van der Waals surface area contributed by atoms with Crippen LogP contribution in [0.25, 0.3) is 0 Å². The molecule has 2 N–H and O–H groups in total. The molecule has 0 saturated carbocycles. The van der Waals surface area contributed by atoms with Gasteiger partial charge in [0.2, 0.25) is 0 Å². The van der Waals surface area contributed by atoms with E-state index in [-0.39, 0.29) is 23.2 Å². The number of carbonyl (C=O) groups is 2. The lowest BCUT2D eigenvalue weighted by Gasteiger charge is -2.26. The monoisotopic (exact) mass is 368 g/mol. The Balaban J connectivity index is 1.55. The smallest absolute Gasteiger partial charge is 0.274 e. The first-order chi connectivity index (χ1) is 13.1. The quantitative estimate of drug-likeness (QED) is 0.811. The number of morpholine rings is 1.